The summed E-state index contributed by atoms with van der Waals surface area (Å²) in [5, 5.41) is 12.5. The van der Waals surface area contributed by atoms with Crippen LogP contribution in [0.3, 0.4) is 0 Å². The van der Waals surface area contributed by atoms with E-state index in [4.69, 9.17) is 0 Å². The van der Waals surface area contributed by atoms with Crippen molar-refractivity contribution < 1.29 is 4.79 Å². The molecule has 82 valence electrons. The van der Waals surface area contributed by atoms with Crippen LogP contribution in [0.4, 0.5) is 5.82 Å². The van der Waals surface area contributed by atoms with Gasteiger partial charge in [-0.25, -0.2) is 0 Å². The van der Waals surface area contributed by atoms with Crippen molar-refractivity contribution in [3.05, 3.63) is 12.3 Å². The number of amides is 1. The predicted molar refractivity (Wildman–Crippen MR) is 57.4 cm³/mol. The van der Waals surface area contributed by atoms with Gasteiger partial charge in [-0.1, -0.05) is 0 Å². The second kappa shape index (κ2) is 4.93. The molecule has 5 nitrogen and oxygen atoms in total. The van der Waals surface area contributed by atoms with Gasteiger partial charge in [0.05, 0.1) is 6.20 Å². The molecule has 5 heteroatoms. The van der Waals surface area contributed by atoms with E-state index in [0.29, 0.717) is 18.2 Å². The molecular weight excluding hydrogens is 192 g/mol. The molecule has 0 bridgehead atoms. The van der Waals surface area contributed by atoms with Crippen LogP contribution in [-0.2, 0) is 4.79 Å². The third-order valence-electron chi connectivity index (χ3n) is 2.72. The molecular formula is C10H16N4O. The monoisotopic (exact) mass is 208 g/mol. The molecule has 1 unspecified atom stereocenters. The summed E-state index contributed by atoms with van der Waals surface area (Å²) in [6, 6.07) is 1.75. The van der Waals surface area contributed by atoms with Gasteiger partial charge in [-0.05, 0) is 31.8 Å². The second-order valence-electron chi connectivity index (χ2n) is 3.92. The summed E-state index contributed by atoms with van der Waals surface area (Å²) in [5.41, 5.74) is 0. The summed E-state index contributed by atoms with van der Waals surface area (Å²) in [4.78, 5) is 11.5. The highest BCUT2D eigenvalue weighted by Gasteiger charge is 2.15. The van der Waals surface area contributed by atoms with Crippen LogP contribution in [0.15, 0.2) is 12.3 Å². The van der Waals surface area contributed by atoms with Crippen molar-refractivity contribution in [3.8, 4) is 0 Å². The minimum Gasteiger partial charge on any atom is -0.316 e. The molecule has 1 aliphatic heterocycles. The minimum atomic E-state index is 0.0613. The first-order valence-corrected chi connectivity index (χ1v) is 5.34. The van der Waals surface area contributed by atoms with Crippen LogP contribution in [0.5, 0.6) is 0 Å². The molecule has 1 amide bonds. The van der Waals surface area contributed by atoms with E-state index in [9.17, 15) is 4.79 Å². The van der Waals surface area contributed by atoms with Crippen LogP contribution in [-0.4, -0.2) is 29.2 Å². The zero-order valence-corrected chi connectivity index (χ0v) is 8.62. The van der Waals surface area contributed by atoms with Crippen molar-refractivity contribution in [2.24, 2.45) is 5.92 Å². The number of carbonyl (C=O) groups excluding carboxylic acids is 1. The van der Waals surface area contributed by atoms with Crippen LogP contribution in [0.1, 0.15) is 19.3 Å². The molecule has 2 heterocycles. The molecule has 0 aliphatic carbocycles. The number of rotatable bonds is 4. The molecule has 15 heavy (non-hydrogen) atoms. The first kappa shape index (κ1) is 10.2. The van der Waals surface area contributed by atoms with Gasteiger partial charge in [0.15, 0.2) is 0 Å². The third kappa shape index (κ3) is 3.06. The van der Waals surface area contributed by atoms with E-state index in [1.807, 2.05) is 0 Å². The molecule has 0 radical (unpaired) electrons. The van der Waals surface area contributed by atoms with Crippen molar-refractivity contribution in [1.82, 2.24) is 15.5 Å². The summed E-state index contributed by atoms with van der Waals surface area (Å²) in [5.74, 6) is 1.40. The predicted octanol–water partition coefficient (Wildman–Crippen LogP) is 0.738. The largest absolute Gasteiger partial charge is 0.316 e. The van der Waals surface area contributed by atoms with E-state index < -0.39 is 0 Å². The molecule has 1 fully saturated rings. The number of aromatic nitrogens is 2. The number of nitrogens with zero attached hydrogens (tertiary/aromatic N) is 1. The van der Waals surface area contributed by atoms with Gasteiger partial charge in [0.1, 0.15) is 5.82 Å². The Morgan fingerprint density at radius 3 is 3.27 bits per heavy atom. The van der Waals surface area contributed by atoms with Gasteiger partial charge in [-0.2, -0.15) is 5.10 Å². The van der Waals surface area contributed by atoms with Gasteiger partial charge in [0, 0.05) is 12.5 Å². The Morgan fingerprint density at radius 2 is 2.60 bits per heavy atom. The Kier molecular flexibility index (Phi) is 3.34. The fourth-order valence-corrected chi connectivity index (χ4v) is 1.83. The molecule has 0 saturated carbocycles. The standard InChI is InChI=1S/C10H16N4O/c15-10(13-9-4-6-12-14-9)2-1-8-3-5-11-7-8/h4,6,8,11H,1-3,5,7H2,(H2,12,13,14,15). The van der Waals surface area contributed by atoms with Crippen LogP contribution < -0.4 is 10.6 Å². The van der Waals surface area contributed by atoms with Crippen molar-refractivity contribution in [2.75, 3.05) is 18.4 Å². The molecule has 0 spiro atoms. The topological polar surface area (TPSA) is 69.8 Å². The van der Waals surface area contributed by atoms with E-state index in [0.717, 1.165) is 19.5 Å². The Balaban J connectivity index is 1.68. The fraction of sp³-hybridized carbons (Fsp3) is 0.600. The maximum Gasteiger partial charge on any atom is 0.225 e. The Labute approximate surface area is 88.6 Å². The van der Waals surface area contributed by atoms with Gasteiger partial charge < -0.3 is 10.6 Å². The average Bonchev–Trinajstić information content (AvgIpc) is 2.86. The smallest absolute Gasteiger partial charge is 0.225 e. The Hall–Kier alpha value is -1.36. The van der Waals surface area contributed by atoms with E-state index in [2.05, 4.69) is 20.8 Å². The Morgan fingerprint density at radius 1 is 1.67 bits per heavy atom. The number of anilines is 1. The van der Waals surface area contributed by atoms with Crippen LogP contribution in [0.2, 0.25) is 0 Å². The number of nitrogens with one attached hydrogen (secondary N) is 3. The van der Waals surface area contributed by atoms with Gasteiger partial charge in [-0.3, -0.25) is 9.89 Å². The first-order chi connectivity index (χ1) is 7.34. The maximum atomic E-state index is 11.5. The van der Waals surface area contributed by atoms with Gasteiger partial charge in [0.2, 0.25) is 5.91 Å². The Bertz CT molecular complexity index is 303. The average molecular weight is 208 g/mol. The quantitative estimate of drug-likeness (QED) is 0.683. The highest BCUT2D eigenvalue weighted by atomic mass is 16.1. The summed E-state index contributed by atoms with van der Waals surface area (Å²) in [6.45, 7) is 2.14. The molecule has 2 rings (SSSR count). The normalized spacial score (nSPS) is 20.4. The van der Waals surface area contributed by atoms with E-state index in [1.54, 1.807) is 12.3 Å². The molecule has 1 aromatic heterocycles. The van der Waals surface area contributed by atoms with Crippen molar-refractivity contribution in [1.29, 1.82) is 0 Å². The number of hydrogen-bond acceptors (Lipinski definition) is 3. The molecule has 1 saturated heterocycles. The third-order valence-corrected chi connectivity index (χ3v) is 2.72. The zero-order chi connectivity index (χ0) is 10.5. The molecule has 0 aromatic carbocycles. The lowest BCUT2D eigenvalue weighted by atomic mass is 10.0. The summed E-state index contributed by atoms with van der Waals surface area (Å²) in [7, 11) is 0. The fourth-order valence-electron chi connectivity index (χ4n) is 1.83. The number of carbonyl (C=O) groups is 1. The molecule has 1 aromatic rings. The molecule has 1 aliphatic rings. The number of aromatic amines is 1. The van der Waals surface area contributed by atoms with Crippen LogP contribution in [0.25, 0.3) is 0 Å². The lowest BCUT2D eigenvalue weighted by Crippen LogP contribution is -2.15. The van der Waals surface area contributed by atoms with E-state index in [1.165, 1.54) is 6.42 Å². The summed E-state index contributed by atoms with van der Waals surface area (Å²) in [6.07, 6.45) is 4.37. The van der Waals surface area contributed by atoms with Crippen LogP contribution in [0, 0.1) is 5.92 Å². The van der Waals surface area contributed by atoms with Gasteiger partial charge >= 0.3 is 0 Å². The second-order valence-corrected chi connectivity index (χ2v) is 3.92. The lowest BCUT2D eigenvalue weighted by molar-refractivity contribution is -0.116. The number of H-pyrrole nitrogens is 1. The minimum absolute atomic E-state index is 0.0613. The molecule has 1 atom stereocenters. The van der Waals surface area contributed by atoms with Crippen molar-refractivity contribution in [2.45, 2.75) is 19.3 Å². The lowest BCUT2D eigenvalue weighted by Gasteiger charge is -2.07. The summed E-state index contributed by atoms with van der Waals surface area (Å²) < 4.78 is 0. The van der Waals surface area contributed by atoms with Crippen molar-refractivity contribution >= 4 is 11.7 Å². The highest BCUT2D eigenvalue weighted by molar-refractivity contribution is 5.89. The zero-order valence-electron chi connectivity index (χ0n) is 8.62. The SMILES string of the molecule is O=C(CCC1CCNC1)Nc1ccn[nH]1. The number of hydrogen-bond donors (Lipinski definition) is 3. The van der Waals surface area contributed by atoms with E-state index >= 15 is 0 Å². The van der Waals surface area contributed by atoms with Gasteiger partial charge in [-0.15, -0.1) is 0 Å². The van der Waals surface area contributed by atoms with Gasteiger partial charge in [0.25, 0.3) is 0 Å². The highest BCUT2D eigenvalue weighted by Crippen LogP contribution is 2.14. The molecule has 3 N–H and O–H groups in total. The maximum absolute atomic E-state index is 11.5. The van der Waals surface area contributed by atoms with Crippen molar-refractivity contribution in [3.63, 3.8) is 0 Å². The summed E-state index contributed by atoms with van der Waals surface area (Å²) >= 11 is 0. The first-order valence-electron chi connectivity index (χ1n) is 5.34. The van der Waals surface area contributed by atoms with Crippen LogP contribution >= 0.6 is 0 Å². The van der Waals surface area contributed by atoms with E-state index in [-0.39, 0.29) is 5.91 Å².